The molecule has 0 spiro atoms. The molecule has 1 aromatic rings. The number of nitrogens with zero attached hydrogens (tertiary/aromatic N) is 1. The Balaban J connectivity index is 2.27. The van der Waals surface area contributed by atoms with Crippen LogP contribution in [-0.2, 0) is 0 Å². The monoisotopic (exact) mass is 165 g/mol. The Kier molecular flexibility index (Phi) is 1.91. The van der Waals surface area contributed by atoms with Gasteiger partial charge in [0, 0.05) is 24.4 Å². The van der Waals surface area contributed by atoms with Gasteiger partial charge in [-0.15, -0.1) is 0 Å². The topological polar surface area (TPSA) is 57.8 Å². The highest BCUT2D eigenvalue weighted by Gasteiger charge is 2.16. The van der Waals surface area contributed by atoms with Gasteiger partial charge in [-0.05, 0) is 19.0 Å². The van der Waals surface area contributed by atoms with Crippen LogP contribution in [0.5, 0.6) is 0 Å². The molecule has 4 nitrogen and oxygen atoms in total. The highest BCUT2D eigenvalue weighted by molar-refractivity contribution is 5.08. The average Bonchev–Trinajstić information content (AvgIpc) is 2.56. The zero-order chi connectivity index (χ0) is 8.39. The van der Waals surface area contributed by atoms with Crippen molar-refractivity contribution in [2.45, 2.75) is 12.3 Å². The van der Waals surface area contributed by atoms with E-state index in [4.69, 9.17) is 0 Å². The molecule has 0 aromatic carbocycles. The third kappa shape index (κ3) is 1.38. The molecule has 2 rings (SSSR count). The van der Waals surface area contributed by atoms with Gasteiger partial charge in [0.15, 0.2) is 0 Å². The minimum Gasteiger partial charge on any atom is -0.316 e. The Bertz CT molecular complexity index is 314. The number of hydrogen-bond acceptors (Lipinski definition) is 3. The zero-order valence-electron chi connectivity index (χ0n) is 6.71. The van der Waals surface area contributed by atoms with Crippen LogP contribution in [0.15, 0.2) is 17.1 Å². The Labute approximate surface area is 70.0 Å². The van der Waals surface area contributed by atoms with Gasteiger partial charge in [-0.2, -0.15) is 0 Å². The summed E-state index contributed by atoms with van der Waals surface area (Å²) in [6, 6.07) is 1.87. The minimum atomic E-state index is -0.251. The van der Waals surface area contributed by atoms with Crippen molar-refractivity contribution >= 4 is 0 Å². The van der Waals surface area contributed by atoms with Gasteiger partial charge < -0.3 is 10.3 Å². The summed E-state index contributed by atoms with van der Waals surface area (Å²) in [5.74, 6) is 0.459. The van der Waals surface area contributed by atoms with Gasteiger partial charge in [0.1, 0.15) is 0 Å². The molecule has 2 heterocycles. The number of nitrogens with one attached hydrogen (secondary N) is 2. The first-order valence-electron chi connectivity index (χ1n) is 4.12. The van der Waals surface area contributed by atoms with E-state index < -0.39 is 0 Å². The number of hydrogen-bond donors (Lipinski definition) is 2. The smallest absolute Gasteiger partial charge is 0.316 e. The second-order valence-corrected chi connectivity index (χ2v) is 3.02. The van der Waals surface area contributed by atoms with Crippen molar-refractivity contribution in [3.05, 3.63) is 28.4 Å². The molecule has 1 aromatic heterocycles. The number of aromatic nitrogens is 2. The molecule has 0 amide bonds. The summed E-state index contributed by atoms with van der Waals surface area (Å²) in [6.45, 7) is 2.00. The van der Waals surface area contributed by atoms with Gasteiger partial charge in [0.25, 0.3) is 0 Å². The Morgan fingerprint density at radius 2 is 2.50 bits per heavy atom. The van der Waals surface area contributed by atoms with Crippen molar-refractivity contribution in [2.75, 3.05) is 13.1 Å². The SMILES string of the molecule is O=c1nccc(C2CCNC2)[nH]1. The standard InChI is InChI=1S/C8H11N3O/c12-8-10-4-2-7(11-8)6-1-3-9-5-6/h2,4,6,9H,1,3,5H2,(H,10,11,12). The van der Waals surface area contributed by atoms with Gasteiger partial charge in [-0.1, -0.05) is 0 Å². The van der Waals surface area contributed by atoms with Gasteiger partial charge in [-0.3, -0.25) is 0 Å². The molecule has 1 fully saturated rings. The molecule has 12 heavy (non-hydrogen) atoms. The predicted molar refractivity (Wildman–Crippen MR) is 45.1 cm³/mol. The molecule has 0 radical (unpaired) electrons. The summed E-state index contributed by atoms with van der Waals surface area (Å²) in [7, 11) is 0. The van der Waals surface area contributed by atoms with Crippen molar-refractivity contribution in [3.63, 3.8) is 0 Å². The summed E-state index contributed by atoms with van der Waals surface area (Å²) in [4.78, 5) is 17.2. The molecule has 0 bridgehead atoms. The quantitative estimate of drug-likeness (QED) is 0.608. The Hall–Kier alpha value is -1.16. The van der Waals surface area contributed by atoms with Crippen molar-refractivity contribution in [1.29, 1.82) is 0 Å². The van der Waals surface area contributed by atoms with Crippen LogP contribution in [0, 0.1) is 0 Å². The largest absolute Gasteiger partial charge is 0.345 e. The third-order valence-corrected chi connectivity index (χ3v) is 2.20. The molecule has 64 valence electrons. The van der Waals surface area contributed by atoms with Crippen LogP contribution in [0.25, 0.3) is 0 Å². The van der Waals surface area contributed by atoms with E-state index in [2.05, 4.69) is 15.3 Å². The van der Waals surface area contributed by atoms with Gasteiger partial charge >= 0.3 is 5.69 Å². The molecule has 1 aliphatic rings. The first kappa shape index (κ1) is 7.49. The molecule has 1 saturated heterocycles. The van der Waals surface area contributed by atoms with Crippen molar-refractivity contribution < 1.29 is 0 Å². The van der Waals surface area contributed by atoms with E-state index in [9.17, 15) is 4.79 Å². The molecule has 1 aliphatic heterocycles. The molecule has 4 heteroatoms. The highest BCUT2D eigenvalue weighted by Crippen LogP contribution is 2.18. The van der Waals surface area contributed by atoms with E-state index in [0.29, 0.717) is 5.92 Å². The highest BCUT2D eigenvalue weighted by atomic mass is 16.1. The normalized spacial score (nSPS) is 22.8. The summed E-state index contributed by atoms with van der Waals surface area (Å²) >= 11 is 0. The first-order chi connectivity index (χ1) is 5.86. The van der Waals surface area contributed by atoms with Crippen LogP contribution in [0.3, 0.4) is 0 Å². The Morgan fingerprint density at radius 1 is 1.58 bits per heavy atom. The lowest BCUT2D eigenvalue weighted by Crippen LogP contribution is -2.15. The van der Waals surface area contributed by atoms with Gasteiger partial charge in [0.05, 0.1) is 0 Å². The maximum atomic E-state index is 10.9. The zero-order valence-corrected chi connectivity index (χ0v) is 6.71. The molecular formula is C8H11N3O. The molecule has 0 aliphatic carbocycles. The molecule has 0 saturated carbocycles. The summed E-state index contributed by atoms with van der Waals surface area (Å²) in [5.41, 5.74) is 0.749. The number of H-pyrrole nitrogens is 1. The second kappa shape index (κ2) is 3.06. The van der Waals surface area contributed by atoms with Crippen LogP contribution in [0.2, 0.25) is 0 Å². The van der Waals surface area contributed by atoms with Gasteiger partial charge in [0.2, 0.25) is 0 Å². The molecule has 1 unspecified atom stereocenters. The van der Waals surface area contributed by atoms with E-state index in [-0.39, 0.29) is 5.69 Å². The maximum Gasteiger partial charge on any atom is 0.345 e. The number of rotatable bonds is 1. The second-order valence-electron chi connectivity index (χ2n) is 3.02. The third-order valence-electron chi connectivity index (χ3n) is 2.20. The fourth-order valence-corrected chi connectivity index (χ4v) is 1.54. The van der Waals surface area contributed by atoms with Crippen LogP contribution in [-0.4, -0.2) is 23.1 Å². The van der Waals surface area contributed by atoms with E-state index in [1.807, 2.05) is 6.07 Å². The lowest BCUT2D eigenvalue weighted by molar-refractivity contribution is 0.724. The van der Waals surface area contributed by atoms with Crippen molar-refractivity contribution in [2.24, 2.45) is 0 Å². The molecule has 1 atom stereocenters. The fraction of sp³-hybridized carbons (Fsp3) is 0.500. The molecular weight excluding hydrogens is 154 g/mol. The van der Waals surface area contributed by atoms with Crippen molar-refractivity contribution in [3.8, 4) is 0 Å². The number of aromatic amines is 1. The molecule has 2 N–H and O–H groups in total. The van der Waals surface area contributed by atoms with Crippen LogP contribution in [0.4, 0.5) is 0 Å². The summed E-state index contributed by atoms with van der Waals surface area (Å²) in [5, 5.41) is 3.25. The fourth-order valence-electron chi connectivity index (χ4n) is 1.54. The average molecular weight is 165 g/mol. The van der Waals surface area contributed by atoms with Crippen LogP contribution in [0.1, 0.15) is 18.0 Å². The lowest BCUT2D eigenvalue weighted by atomic mass is 10.1. The van der Waals surface area contributed by atoms with E-state index in [1.54, 1.807) is 6.20 Å². The summed E-state index contributed by atoms with van der Waals surface area (Å²) < 4.78 is 0. The lowest BCUT2D eigenvalue weighted by Gasteiger charge is -2.06. The predicted octanol–water partition coefficient (Wildman–Crippen LogP) is -0.153. The van der Waals surface area contributed by atoms with E-state index in [1.165, 1.54) is 0 Å². The Morgan fingerprint density at radius 3 is 3.17 bits per heavy atom. The summed E-state index contributed by atoms with van der Waals surface area (Å²) in [6.07, 6.45) is 2.66. The first-order valence-corrected chi connectivity index (χ1v) is 4.12. The van der Waals surface area contributed by atoms with Crippen LogP contribution < -0.4 is 11.0 Å². The van der Waals surface area contributed by atoms with Gasteiger partial charge in [-0.25, -0.2) is 9.78 Å². The minimum absolute atomic E-state index is 0.251. The maximum absolute atomic E-state index is 10.9. The van der Waals surface area contributed by atoms with Crippen molar-refractivity contribution in [1.82, 2.24) is 15.3 Å². The van der Waals surface area contributed by atoms with Crippen LogP contribution >= 0.6 is 0 Å². The van der Waals surface area contributed by atoms with E-state index in [0.717, 1.165) is 25.2 Å². The van der Waals surface area contributed by atoms with E-state index >= 15 is 0 Å².